The lowest BCUT2D eigenvalue weighted by Crippen LogP contribution is -2.27. The molecule has 6 heteroatoms. The van der Waals surface area contributed by atoms with Crippen molar-refractivity contribution in [2.75, 3.05) is 29.5 Å². The molecular weight excluding hydrogens is 286 g/mol. The maximum Gasteiger partial charge on any atom is 0.152 e. The van der Waals surface area contributed by atoms with Gasteiger partial charge in [0.05, 0.1) is 11.5 Å². The number of nitrogens with two attached hydrogens (primary N) is 1. The predicted octanol–water partition coefficient (Wildman–Crippen LogP) is 1.32. The van der Waals surface area contributed by atoms with E-state index < -0.39 is 9.84 Å². The summed E-state index contributed by atoms with van der Waals surface area (Å²) in [5.74, 6) is 1.32. The molecular formula is C15H19N3O2S. The Morgan fingerprint density at radius 1 is 1.14 bits per heavy atom. The Hall–Kier alpha value is -1.66. The third-order valence-electron chi connectivity index (χ3n) is 3.93. The Kier molecular flexibility index (Phi) is 3.82. The largest absolute Gasteiger partial charge is 0.355 e. The van der Waals surface area contributed by atoms with Gasteiger partial charge in [0, 0.05) is 31.2 Å². The number of fused-ring (bicyclic) bond motifs is 1. The molecule has 0 radical (unpaired) electrons. The van der Waals surface area contributed by atoms with Crippen LogP contribution in [0.15, 0.2) is 30.5 Å². The van der Waals surface area contributed by atoms with Crippen LogP contribution < -0.4 is 10.6 Å². The van der Waals surface area contributed by atoms with Crippen LogP contribution in [0.1, 0.15) is 12.0 Å². The smallest absolute Gasteiger partial charge is 0.152 e. The van der Waals surface area contributed by atoms with Gasteiger partial charge in [-0.05, 0) is 17.4 Å². The van der Waals surface area contributed by atoms with Crippen molar-refractivity contribution in [3.05, 3.63) is 36.0 Å². The maximum atomic E-state index is 11.7. The molecule has 1 aliphatic rings. The molecule has 2 aromatic rings. The molecule has 0 spiro atoms. The second-order valence-electron chi connectivity index (χ2n) is 5.35. The minimum Gasteiger partial charge on any atom is -0.355 e. The Morgan fingerprint density at radius 2 is 1.90 bits per heavy atom. The first-order valence-corrected chi connectivity index (χ1v) is 8.95. The van der Waals surface area contributed by atoms with E-state index in [-0.39, 0.29) is 11.5 Å². The highest BCUT2D eigenvalue weighted by atomic mass is 32.2. The van der Waals surface area contributed by atoms with Gasteiger partial charge in [0.2, 0.25) is 0 Å². The summed E-state index contributed by atoms with van der Waals surface area (Å²) in [4.78, 5) is 6.62. The van der Waals surface area contributed by atoms with Crippen molar-refractivity contribution in [1.82, 2.24) is 4.98 Å². The molecule has 1 aliphatic heterocycles. The van der Waals surface area contributed by atoms with Gasteiger partial charge in [-0.3, -0.25) is 0 Å². The molecule has 2 heterocycles. The molecule has 1 fully saturated rings. The normalized spacial score (nSPS) is 18.6. The first kappa shape index (κ1) is 14.3. The number of rotatable bonds is 2. The van der Waals surface area contributed by atoms with E-state index in [1.54, 1.807) is 6.20 Å². The van der Waals surface area contributed by atoms with Gasteiger partial charge in [-0.25, -0.2) is 13.4 Å². The summed E-state index contributed by atoms with van der Waals surface area (Å²) in [6, 6.07) is 8.02. The number of hydrogen-bond donors (Lipinski definition) is 1. The molecule has 3 rings (SSSR count). The van der Waals surface area contributed by atoms with Crippen molar-refractivity contribution >= 4 is 26.4 Å². The van der Waals surface area contributed by atoms with Gasteiger partial charge in [-0.2, -0.15) is 0 Å². The first-order valence-electron chi connectivity index (χ1n) is 7.13. The quantitative estimate of drug-likeness (QED) is 0.905. The number of sulfone groups is 1. The standard InChI is InChI=1S/C15H19N3O2S/c16-10-12-11-17-15(14-5-2-1-4-13(12)14)18-6-3-8-21(19,20)9-7-18/h1-2,4-5,11H,3,6-10,16H2. The van der Waals surface area contributed by atoms with Crippen molar-refractivity contribution in [1.29, 1.82) is 0 Å². The molecule has 1 aromatic carbocycles. The maximum absolute atomic E-state index is 11.7. The molecule has 1 aromatic heterocycles. The number of anilines is 1. The molecule has 0 saturated carbocycles. The highest BCUT2D eigenvalue weighted by Crippen LogP contribution is 2.27. The van der Waals surface area contributed by atoms with Gasteiger partial charge < -0.3 is 10.6 Å². The summed E-state index contributed by atoms with van der Waals surface area (Å²) in [6.07, 6.45) is 2.45. The van der Waals surface area contributed by atoms with E-state index in [2.05, 4.69) is 9.88 Å². The second kappa shape index (κ2) is 5.61. The predicted molar refractivity (Wildman–Crippen MR) is 85.1 cm³/mol. The van der Waals surface area contributed by atoms with Crippen LogP contribution in [0.4, 0.5) is 5.82 Å². The Labute approximate surface area is 124 Å². The van der Waals surface area contributed by atoms with E-state index in [0.29, 0.717) is 19.5 Å². The topological polar surface area (TPSA) is 76.3 Å². The van der Waals surface area contributed by atoms with Gasteiger partial charge in [0.15, 0.2) is 9.84 Å². The van der Waals surface area contributed by atoms with Crippen LogP contribution in [0.3, 0.4) is 0 Å². The molecule has 0 amide bonds. The first-order chi connectivity index (χ1) is 10.1. The fraction of sp³-hybridized carbons (Fsp3) is 0.400. The fourth-order valence-electron chi connectivity index (χ4n) is 2.80. The molecule has 1 saturated heterocycles. The highest BCUT2D eigenvalue weighted by molar-refractivity contribution is 7.91. The van der Waals surface area contributed by atoms with E-state index in [1.165, 1.54) is 0 Å². The lowest BCUT2D eigenvalue weighted by molar-refractivity contribution is 0.597. The highest BCUT2D eigenvalue weighted by Gasteiger charge is 2.21. The summed E-state index contributed by atoms with van der Waals surface area (Å²) in [7, 11) is -2.92. The monoisotopic (exact) mass is 305 g/mol. The van der Waals surface area contributed by atoms with Crippen molar-refractivity contribution in [3.63, 3.8) is 0 Å². The van der Waals surface area contributed by atoms with E-state index in [9.17, 15) is 8.42 Å². The van der Waals surface area contributed by atoms with Gasteiger partial charge in [0.25, 0.3) is 0 Å². The van der Waals surface area contributed by atoms with Crippen LogP contribution in [0.2, 0.25) is 0 Å². The third-order valence-corrected chi connectivity index (χ3v) is 5.65. The summed E-state index contributed by atoms with van der Waals surface area (Å²) in [5, 5.41) is 2.14. The van der Waals surface area contributed by atoms with Crippen LogP contribution >= 0.6 is 0 Å². The number of pyridine rings is 1. The number of aromatic nitrogens is 1. The lowest BCUT2D eigenvalue weighted by atomic mass is 10.1. The molecule has 0 unspecified atom stereocenters. The van der Waals surface area contributed by atoms with Crippen LogP contribution in [0.5, 0.6) is 0 Å². The zero-order valence-corrected chi connectivity index (χ0v) is 12.6. The third kappa shape index (κ3) is 2.87. The van der Waals surface area contributed by atoms with Gasteiger partial charge >= 0.3 is 0 Å². The van der Waals surface area contributed by atoms with E-state index in [0.717, 1.165) is 28.7 Å². The molecule has 5 nitrogen and oxygen atoms in total. The Balaban J connectivity index is 2.05. The van der Waals surface area contributed by atoms with Gasteiger partial charge in [0.1, 0.15) is 5.82 Å². The summed E-state index contributed by atoms with van der Waals surface area (Å²) < 4.78 is 23.5. The molecule has 0 aliphatic carbocycles. The molecule has 0 bridgehead atoms. The van der Waals surface area contributed by atoms with E-state index >= 15 is 0 Å². The summed E-state index contributed by atoms with van der Waals surface area (Å²) in [5.41, 5.74) is 6.78. The summed E-state index contributed by atoms with van der Waals surface area (Å²) >= 11 is 0. The average molecular weight is 305 g/mol. The molecule has 2 N–H and O–H groups in total. The van der Waals surface area contributed by atoms with Crippen LogP contribution in [-0.4, -0.2) is 38.0 Å². The number of benzene rings is 1. The van der Waals surface area contributed by atoms with Crippen LogP contribution in [-0.2, 0) is 16.4 Å². The average Bonchev–Trinajstić information content (AvgIpc) is 2.67. The molecule has 112 valence electrons. The van der Waals surface area contributed by atoms with Crippen molar-refractivity contribution in [3.8, 4) is 0 Å². The second-order valence-corrected chi connectivity index (χ2v) is 7.65. The lowest BCUT2D eigenvalue weighted by Gasteiger charge is -2.23. The van der Waals surface area contributed by atoms with E-state index in [1.807, 2.05) is 24.3 Å². The van der Waals surface area contributed by atoms with Crippen LogP contribution in [0.25, 0.3) is 10.8 Å². The molecule has 21 heavy (non-hydrogen) atoms. The van der Waals surface area contributed by atoms with Gasteiger partial charge in [-0.1, -0.05) is 24.3 Å². The van der Waals surface area contributed by atoms with Gasteiger partial charge in [-0.15, -0.1) is 0 Å². The van der Waals surface area contributed by atoms with Crippen molar-refractivity contribution < 1.29 is 8.42 Å². The SMILES string of the molecule is NCc1cnc(N2CCCS(=O)(=O)CC2)c2ccccc12. The minimum absolute atomic E-state index is 0.196. The molecule has 0 atom stereocenters. The number of hydrogen-bond acceptors (Lipinski definition) is 5. The van der Waals surface area contributed by atoms with E-state index in [4.69, 9.17) is 5.73 Å². The fourth-order valence-corrected chi connectivity index (χ4v) is 4.07. The number of nitrogens with zero attached hydrogens (tertiary/aromatic N) is 2. The van der Waals surface area contributed by atoms with Crippen LogP contribution in [0, 0.1) is 0 Å². The van der Waals surface area contributed by atoms with Crippen molar-refractivity contribution in [2.45, 2.75) is 13.0 Å². The Bertz CT molecular complexity index is 759. The zero-order valence-electron chi connectivity index (χ0n) is 11.8. The minimum atomic E-state index is -2.92. The summed E-state index contributed by atoms with van der Waals surface area (Å²) in [6.45, 7) is 1.67. The van der Waals surface area contributed by atoms with Crippen molar-refractivity contribution in [2.24, 2.45) is 5.73 Å². The zero-order chi connectivity index (χ0) is 14.9. The Morgan fingerprint density at radius 3 is 2.67 bits per heavy atom.